The summed E-state index contributed by atoms with van der Waals surface area (Å²) in [4.78, 5) is 10.9. The molecule has 0 spiro atoms. The molecule has 0 amide bonds. The van der Waals surface area contributed by atoms with Gasteiger partial charge < -0.3 is 4.74 Å². The molecule has 1 aromatic rings. The molecule has 0 radical (unpaired) electrons. The van der Waals surface area contributed by atoms with Crippen LogP contribution in [0.1, 0.15) is 24.8 Å². The summed E-state index contributed by atoms with van der Waals surface area (Å²) in [6.07, 6.45) is 0.117. The molecule has 1 rings (SSSR count). The first-order valence-electron chi connectivity index (χ1n) is 4.96. The van der Waals surface area contributed by atoms with E-state index in [9.17, 15) is 13.6 Å². The number of ketones is 1. The number of alkyl halides is 2. The first kappa shape index (κ1) is 13.1. The van der Waals surface area contributed by atoms with Crippen molar-refractivity contribution < 1.29 is 18.3 Å². The molecule has 0 aromatic heterocycles. The largest absolute Gasteiger partial charge is 0.435 e. The second-order valence-electron chi connectivity index (χ2n) is 3.54. The molecule has 17 heavy (non-hydrogen) atoms. The average molecular weight is 239 g/mol. The van der Waals surface area contributed by atoms with E-state index in [1.54, 1.807) is 0 Å². The van der Waals surface area contributed by atoms with Gasteiger partial charge in [-0.25, -0.2) is 0 Å². The van der Waals surface area contributed by atoms with Gasteiger partial charge in [-0.05, 0) is 24.6 Å². The molecule has 5 heteroatoms. The van der Waals surface area contributed by atoms with Crippen LogP contribution in [0.15, 0.2) is 24.3 Å². The van der Waals surface area contributed by atoms with E-state index in [2.05, 4.69) is 4.74 Å². The minimum absolute atomic E-state index is 0.0308. The summed E-state index contributed by atoms with van der Waals surface area (Å²) in [5.41, 5.74) is 0.615. The SMILES string of the molecule is CC(=O)CC(C#N)c1ccc(OC(F)F)cc1. The number of hydrogen-bond donors (Lipinski definition) is 0. The molecule has 0 N–H and O–H groups in total. The minimum Gasteiger partial charge on any atom is -0.435 e. The highest BCUT2D eigenvalue weighted by Gasteiger charge is 2.13. The molecule has 0 aliphatic carbocycles. The van der Waals surface area contributed by atoms with Gasteiger partial charge in [0.25, 0.3) is 0 Å². The maximum atomic E-state index is 11.9. The zero-order chi connectivity index (χ0) is 12.8. The predicted molar refractivity (Wildman–Crippen MR) is 56.7 cm³/mol. The Bertz CT molecular complexity index is 423. The molecular formula is C12H11F2NO2. The Labute approximate surface area is 97.6 Å². The molecule has 1 aromatic carbocycles. The van der Waals surface area contributed by atoms with Gasteiger partial charge in [0.05, 0.1) is 12.0 Å². The van der Waals surface area contributed by atoms with Crippen LogP contribution >= 0.6 is 0 Å². The Morgan fingerprint density at radius 3 is 2.41 bits per heavy atom. The van der Waals surface area contributed by atoms with Crippen molar-refractivity contribution in [3.05, 3.63) is 29.8 Å². The number of carbonyl (C=O) groups is 1. The van der Waals surface area contributed by atoms with Crippen LogP contribution in [0.4, 0.5) is 8.78 Å². The topological polar surface area (TPSA) is 50.1 Å². The Kier molecular flexibility index (Phi) is 4.58. The predicted octanol–water partition coefficient (Wildman–Crippen LogP) is 2.87. The van der Waals surface area contributed by atoms with Crippen molar-refractivity contribution in [3.63, 3.8) is 0 Å². The molecular weight excluding hydrogens is 228 g/mol. The number of halogens is 2. The fourth-order valence-corrected chi connectivity index (χ4v) is 1.41. The van der Waals surface area contributed by atoms with E-state index in [-0.39, 0.29) is 18.0 Å². The number of nitrogens with zero attached hydrogens (tertiary/aromatic N) is 1. The van der Waals surface area contributed by atoms with Crippen LogP contribution < -0.4 is 4.74 Å². The molecule has 1 atom stereocenters. The maximum absolute atomic E-state index is 11.9. The van der Waals surface area contributed by atoms with E-state index in [0.717, 1.165) is 0 Å². The number of ether oxygens (including phenoxy) is 1. The van der Waals surface area contributed by atoms with Crippen molar-refractivity contribution in [1.82, 2.24) is 0 Å². The molecule has 0 aliphatic heterocycles. The molecule has 0 saturated carbocycles. The fourth-order valence-electron chi connectivity index (χ4n) is 1.41. The Morgan fingerprint density at radius 2 is 2.00 bits per heavy atom. The van der Waals surface area contributed by atoms with Gasteiger partial charge in [-0.15, -0.1) is 0 Å². The smallest absolute Gasteiger partial charge is 0.387 e. The summed E-state index contributed by atoms with van der Waals surface area (Å²) in [7, 11) is 0. The minimum atomic E-state index is -2.87. The van der Waals surface area contributed by atoms with E-state index < -0.39 is 12.5 Å². The van der Waals surface area contributed by atoms with Gasteiger partial charge in [-0.3, -0.25) is 4.79 Å². The Hall–Kier alpha value is -1.96. The monoisotopic (exact) mass is 239 g/mol. The number of rotatable bonds is 5. The van der Waals surface area contributed by atoms with Crippen LogP contribution in [0.5, 0.6) is 5.75 Å². The number of Topliss-reactive ketones (excluding diaryl/α,β-unsaturated/α-hetero) is 1. The molecule has 0 aliphatic rings. The standard InChI is InChI=1S/C12H11F2NO2/c1-8(16)6-10(7-15)9-2-4-11(5-3-9)17-12(13)14/h2-5,10,12H,6H2,1H3. The van der Waals surface area contributed by atoms with Crippen LogP contribution in [0, 0.1) is 11.3 Å². The van der Waals surface area contributed by atoms with Gasteiger partial charge in [0.2, 0.25) is 0 Å². The molecule has 1 unspecified atom stereocenters. The van der Waals surface area contributed by atoms with Crippen LogP contribution in [-0.2, 0) is 4.79 Å². The Morgan fingerprint density at radius 1 is 1.41 bits per heavy atom. The third-order valence-electron chi connectivity index (χ3n) is 2.16. The lowest BCUT2D eigenvalue weighted by Crippen LogP contribution is -2.04. The number of benzene rings is 1. The van der Waals surface area contributed by atoms with E-state index in [0.29, 0.717) is 5.56 Å². The van der Waals surface area contributed by atoms with Gasteiger partial charge >= 0.3 is 6.61 Å². The normalized spacial score (nSPS) is 11.9. The fraction of sp³-hybridized carbons (Fsp3) is 0.333. The molecule has 0 bridgehead atoms. The summed E-state index contributed by atoms with van der Waals surface area (Å²) in [6.45, 7) is -1.47. The molecule has 90 valence electrons. The third kappa shape index (κ3) is 4.19. The summed E-state index contributed by atoms with van der Waals surface area (Å²) < 4.78 is 28.0. The lowest BCUT2D eigenvalue weighted by atomic mass is 9.95. The van der Waals surface area contributed by atoms with Crippen molar-refractivity contribution in [2.45, 2.75) is 25.9 Å². The van der Waals surface area contributed by atoms with Crippen molar-refractivity contribution >= 4 is 5.78 Å². The van der Waals surface area contributed by atoms with Crippen molar-refractivity contribution in [3.8, 4) is 11.8 Å². The van der Waals surface area contributed by atoms with Crippen LogP contribution in [0.3, 0.4) is 0 Å². The quantitative estimate of drug-likeness (QED) is 0.793. The zero-order valence-electron chi connectivity index (χ0n) is 9.19. The number of carbonyl (C=O) groups excluding carboxylic acids is 1. The highest BCUT2D eigenvalue weighted by molar-refractivity contribution is 5.77. The number of nitriles is 1. The maximum Gasteiger partial charge on any atom is 0.387 e. The molecule has 0 heterocycles. The van der Waals surface area contributed by atoms with Crippen LogP contribution in [-0.4, -0.2) is 12.4 Å². The number of hydrogen-bond acceptors (Lipinski definition) is 3. The van der Waals surface area contributed by atoms with Crippen molar-refractivity contribution in [2.75, 3.05) is 0 Å². The first-order valence-corrected chi connectivity index (χ1v) is 4.96. The molecule has 0 fully saturated rings. The van der Waals surface area contributed by atoms with Crippen molar-refractivity contribution in [1.29, 1.82) is 5.26 Å². The summed E-state index contributed by atoms with van der Waals surface area (Å²) in [5, 5.41) is 8.89. The van der Waals surface area contributed by atoms with E-state index in [4.69, 9.17) is 5.26 Å². The van der Waals surface area contributed by atoms with Gasteiger partial charge in [0.1, 0.15) is 11.5 Å². The van der Waals surface area contributed by atoms with Gasteiger partial charge in [0, 0.05) is 6.42 Å². The van der Waals surface area contributed by atoms with Gasteiger partial charge in [-0.1, -0.05) is 12.1 Å². The van der Waals surface area contributed by atoms with E-state index in [1.165, 1.54) is 31.2 Å². The highest BCUT2D eigenvalue weighted by Crippen LogP contribution is 2.22. The second-order valence-corrected chi connectivity index (χ2v) is 3.54. The summed E-state index contributed by atoms with van der Waals surface area (Å²) >= 11 is 0. The van der Waals surface area contributed by atoms with Gasteiger partial charge in [-0.2, -0.15) is 14.0 Å². The van der Waals surface area contributed by atoms with E-state index >= 15 is 0 Å². The zero-order valence-corrected chi connectivity index (χ0v) is 9.19. The highest BCUT2D eigenvalue weighted by atomic mass is 19.3. The lowest BCUT2D eigenvalue weighted by Gasteiger charge is -2.09. The molecule has 3 nitrogen and oxygen atoms in total. The van der Waals surface area contributed by atoms with E-state index in [1.807, 2.05) is 6.07 Å². The average Bonchev–Trinajstić information content (AvgIpc) is 2.26. The van der Waals surface area contributed by atoms with Crippen LogP contribution in [0.2, 0.25) is 0 Å². The summed E-state index contributed by atoms with van der Waals surface area (Å²) in [6, 6.07) is 7.72. The lowest BCUT2D eigenvalue weighted by molar-refractivity contribution is -0.117. The van der Waals surface area contributed by atoms with Crippen LogP contribution in [0.25, 0.3) is 0 Å². The summed E-state index contributed by atoms with van der Waals surface area (Å²) in [5.74, 6) is -0.610. The molecule has 0 saturated heterocycles. The first-order chi connectivity index (χ1) is 8.02. The van der Waals surface area contributed by atoms with Gasteiger partial charge in [0.15, 0.2) is 0 Å². The Balaban J connectivity index is 2.78. The second kappa shape index (κ2) is 5.94. The third-order valence-corrected chi connectivity index (χ3v) is 2.16. The van der Waals surface area contributed by atoms with Crippen molar-refractivity contribution in [2.24, 2.45) is 0 Å².